The zero-order valence-corrected chi connectivity index (χ0v) is 28.2. The molecule has 1 aliphatic heterocycles. The molecule has 0 spiro atoms. The smallest absolute Gasteiger partial charge is 0.303 e. The Labute approximate surface area is 282 Å². The third kappa shape index (κ3) is 11.0. The number of carboxylic acid groups (broad SMARTS) is 1. The van der Waals surface area contributed by atoms with Crippen molar-refractivity contribution in [2.24, 2.45) is 11.6 Å². The van der Waals surface area contributed by atoms with E-state index in [1.165, 1.54) is 10.6 Å². The van der Waals surface area contributed by atoms with Crippen LogP contribution in [0.5, 0.6) is 5.75 Å². The molecule has 0 saturated carbocycles. The van der Waals surface area contributed by atoms with Crippen LogP contribution in [0.3, 0.4) is 0 Å². The molecule has 0 aliphatic carbocycles. The summed E-state index contributed by atoms with van der Waals surface area (Å²) in [6.45, 7) is 9.64. The number of hydrogen-bond acceptors (Lipinski definition) is 12. The fraction of sp³-hybridized carbons (Fsp3) is 0.515. The van der Waals surface area contributed by atoms with Crippen LogP contribution in [0.15, 0.2) is 42.4 Å². The monoisotopic (exact) mass is 665 g/mol. The van der Waals surface area contributed by atoms with Crippen molar-refractivity contribution in [1.29, 1.82) is 0 Å². The first kappa shape index (κ1) is 36.2. The predicted octanol–water partition coefficient (Wildman–Crippen LogP) is 1.75. The van der Waals surface area contributed by atoms with Crippen molar-refractivity contribution in [2.45, 2.75) is 52.1 Å². The second-order valence-electron chi connectivity index (χ2n) is 12.1. The number of anilines is 2. The summed E-state index contributed by atoms with van der Waals surface area (Å²) in [7, 11) is 1.71. The summed E-state index contributed by atoms with van der Waals surface area (Å²) in [6, 6.07) is 8.41. The van der Waals surface area contributed by atoms with Gasteiger partial charge in [-0.3, -0.25) is 19.4 Å². The Balaban J connectivity index is 1.26. The Hall–Kier alpha value is -4.60. The molecule has 262 valence electrons. The number of fused-ring (bicyclic) bond motifs is 1. The molecule has 4 rings (SSSR count). The Bertz CT molecular complexity index is 1540. The van der Waals surface area contributed by atoms with E-state index in [9.17, 15) is 9.59 Å². The van der Waals surface area contributed by atoms with Crippen molar-refractivity contribution >= 4 is 34.7 Å². The lowest BCUT2D eigenvalue weighted by molar-refractivity contribution is -0.138. The van der Waals surface area contributed by atoms with E-state index >= 15 is 0 Å². The van der Waals surface area contributed by atoms with Crippen molar-refractivity contribution < 1.29 is 19.4 Å². The molecule has 3 aromatic rings. The van der Waals surface area contributed by atoms with Gasteiger partial charge in [-0.1, -0.05) is 31.9 Å². The first-order valence-electron chi connectivity index (χ1n) is 16.6. The van der Waals surface area contributed by atoms with Crippen LogP contribution in [0.1, 0.15) is 50.2 Å². The fourth-order valence-corrected chi connectivity index (χ4v) is 5.68. The number of unbranched alkanes of at least 4 members (excludes halogenated alkanes) is 2. The molecule has 48 heavy (non-hydrogen) atoms. The number of carbonyl (C=O) groups is 2. The van der Waals surface area contributed by atoms with Crippen LogP contribution in [0.4, 0.5) is 11.8 Å². The van der Waals surface area contributed by atoms with Gasteiger partial charge in [0.2, 0.25) is 11.9 Å². The number of aliphatic carboxylic acids is 1. The number of benzene rings is 1. The first-order valence-corrected chi connectivity index (χ1v) is 16.6. The number of nitrogens with one attached hydrogen (secondary N) is 2. The average molecular weight is 666 g/mol. The molecule has 1 aromatic carbocycles. The molecule has 0 bridgehead atoms. The maximum Gasteiger partial charge on any atom is 0.303 e. The number of methoxy groups -OCH3 is 1. The highest BCUT2D eigenvalue weighted by Gasteiger charge is 2.19. The van der Waals surface area contributed by atoms with E-state index in [0.29, 0.717) is 18.8 Å². The number of hydrazine groups is 1. The van der Waals surface area contributed by atoms with Gasteiger partial charge in [0.15, 0.2) is 5.82 Å². The third-order valence-corrected chi connectivity index (χ3v) is 8.33. The van der Waals surface area contributed by atoms with Crippen molar-refractivity contribution in [2.75, 3.05) is 70.5 Å². The molecule has 1 fully saturated rings. The van der Waals surface area contributed by atoms with E-state index in [1.54, 1.807) is 13.3 Å². The largest absolute Gasteiger partial charge is 0.496 e. The Morgan fingerprint density at radius 1 is 1.08 bits per heavy atom. The second kappa shape index (κ2) is 18.1. The molecule has 0 atom stereocenters. The second-order valence-corrected chi connectivity index (χ2v) is 12.1. The van der Waals surface area contributed by atoms with E-state index < -0.39 is 5.97 Å². The highest BCUT2D eigenvalue weighted by Crippen LogP contribution is 2.27. The minimum Gasteiger partial charge on any atom is -0.496 e. The highest BCUT2D eigenvalue weighted by atomic mass is 16.5. The van der Waals surface area contributed by atoms with Gasteiger partial charge < -0.3 is 41.5 Å². The van der Waals surface area contributed by atoms with Crippen LogP contribution in [-0.2, 0) is 22.7 Å². The minimum absolute atomic E-state index is 0.0866. The number of nitrogens with zero attached hydrogens (tertiary/aromatic N) is 6. The summed E-state index contributed by atoms with van der Waals surface area (Å²) < 4.78 is 7.99. The summed E-state index contributed by atoms with van der Waals surface area (Å²) >= 11 is 0. The normalized spacial score (nSPS) is 14.3. The van der Waals surface area contributed by atoms with Gasteiger partial charge >= 0.3 is 5.97 Å². The van der Waals surface area contributed by atoms with Gasteiger partial charge in [0.1, 0.15) is 11.3 Å². The number of ether oxygens (including phenoxy) is 1. The number of amides is 1. The van der Waals surface area contributed by atoms with Crippen LogP contribution in [-0.4, -0.2) is 106 Å². The lowest BCUT2D eigenvalue weighted by Gasteiger charge is -2.35. The van der Waals surface area contributed by atoms with Gasteiger partial charge in [-0.05, 0) is 24.1 Å². The number of hydrogen-bond donors (Lipinski definition) is 6. The summed E-state index contributed by atoms with van der Waals surface area (Å²) in [5.41, 5.74) is 16.4. The van der Waals surface area contributed by atoms with E-state index in [2.05, 4.69) is 60.1 Å². The van der Waals surface area contributed by atoms with Crippen molar-refractivity contribution in [3.8, 4) is 5.75 Å². The number of carboxylic acids is 1. The lowest BCUT2D eigenvalue weighted by atomic mass is 10.1. The molecular formula is C33H51N11O4. The third-order valence-electron chi connectivity index (χ3n) is 8.33. The maximum atomic E-state index is 11.7. The summed E-state index contributed by atoms with van der Waals surface area (Å²) in [5.74, 6) is 6.58. The van der Waals surface area contributed by atoms with Gasteiger partial charge in [0.05, 0.1) is 32.1 Å². The highest BCUT2D eigenvalue weighted by molar-refractivity contribution is 5.87. The summed E-state index contributed by atoms with van der Waals surface area (Å²) in [5, 5.41) is 16.3. The fourth-order valence-electron chi connectivity index (χ4n) is 5.68. The number of nitrogen functional groups attached to an aromatic ring is 1. The average Bonchev–Trinajstić information content (AvgIpc) is 3.47. The SMILES string of the molecule is CCCCCNc1nc(N)nc2ccn(Cc3ccc(CN4CCN(CCN(N)/C=C(\N)CNC(=O)CCC(=O)O)CC4)cc3OC)c12. The number of piperazine rings is 1. The topological polar surface area (TPSA) is 206 Å². The zero-order chi connectivity index (χ0) is 34.5. The summed E-state index contributed by atoms with van der Waals surface area (Å²) in [4.78, 5) is 36.0. The zero-order valence-electron chi connectivity index (χ0n) is 28.2. The van der Waals surface area contributed by atoms with Crippen molar-refractivity contribution in [3.05, 3.63) is 53.5 Å². The molecule has 1 saturated heterocycles. The quantitative estimate of drug-likeness (QED) is 0.0614. The van der Waals surface area contributed by atoms with E-state index in [1.807, 2.05) is 12.3 Å². The van der Waals surface area contributed by atoms with Crippen molar-refractivity contribution in [1.82, 2.24) is 34.7 Å². The Morgan fingerprint density at radius 2 is 1.85 bits per heavy atom. The van der Waals surface area contributed by atoms with Gasteiger partial charge in [0, 0.05) is 82.4 Å². The van der Waals surface area contributed by atoms with Crippen LogP contribution >= 0.6 is 0 Å². The molecule has 1 aliphatic rings. The molecule has 2 aromatic heterocycles. The van der Waals surface area contributed by atoms with Crippen LogP contribution in [0.2, 0.25) is 0 Å². The van der Waals surface area contributed by atoms with E-state index in [-0.39, 0.29) is 31.2 Å². The lowest BCUT2D eigenvalue weighted by Crippen LogP contribution is -2.48. The first-order chi connectivity index (χ1) is 23.1. The maximum absolute atomic E-state index is 11.7. The standard InChI is InChI=1S/C33H51N11O4/c1-3-4-5-11-37-32-31-27(39-33(35)40-32)10-12-43(31)22-25-7-6-24(19-28(25)48-2)21-42-15-13-41(14-16-42)17-18-44(36)23-26(34)20-38-29(45)8-9-30(46)47/h6-7,10,12,19,23H,3-5,8-9,11,13-18,20-22,34,36H2,1-2H3,(H,38,45)(H,46,47)(H3,35,37,39,40)/b26-23-. The van der Waals surface area contributed by atoms with Gasteiger partial charge in [-0.15, -0.1) is 0 Å². The van der Waals surface area contributed by atoms with E-state index in [4.69, 9.17) is 27.2 Å². The van der Waals surface area contributed by atoms with Crippen molar-refractivity contribution in [3.63, 3.8) is 0 Å². The number of nitrogens with two attached hydrogens (primary N) is 3. The minimum atomic E-state index is -1.02. The molecule has 0 radical (unpaired) electrons. The number of aromatic nitrogens is 3. The molecule has 9 N–H and O–H groups in total. The Morgan fingerprint density at radius 3 is 2.58 bits per heavy atom. The molecule has 3 heterocycles. The van der Waals surface area contributed by atoms with Crippen LogP contribution in [0, 0.1) is 0 Å². The van der Waals surface area contributed by atoms with E-state index in [0.717, 1.165) is 93.2 Å². The molecule has 15 nitrogen and oxygen atoms in total. The summed E-state index contributed by atoms with van der Waals surface area (Å²) in [6.07, 6.45) is 6.68. The van der Waals surface area contributed by atoms with Crippen LogP contribution in [0.25, 0.3) is 11.0 Å². The Kier molecular flexibility index (Phi) is 13.6. The molecular weight excluding hydrogens is 614 g/mol. The van der Waals surface area contributed by atoms with Gasteiger partial charge in [-0.2, -0.15) is 4.98 Å². The van der Waals surface area contributed by atoms with Gasteiger partial charge in [-0.25, -0.2) is 10.8 Å². The van der Waals surface area contributed by atoms with Gasteiger partial charge in [0.25, 0.3) is 0 Å². The predicted molar refractivity (Wildman–Crippen MR) is 187 cm³/mol. The molecule has 15 heteroatoms. The number of rotatable bonds is 19. The number of carbonyl (C=O) groups excluding carboxylic acids is 1. The molecule has 0 unspecified atom stereocenters. The van der Waals surface area contributed by atoms with Crippen LogP contribution < -0.4 is 32.7 Å². The molecule has 1 amide bonds.